The van der Waals surface area contributed by atoms with Gasteiger partial charge in [0.2, 0.25) is 5.91 Å². The largest absolute Gasteiger partial charge is 0.381 e. The second-order valence-electron chi connectivity index (χ2n) is 6.40. The first kappa shape index (κ1) is 16.3. The Labute approximate surface area is 151 Å². The topological polar surface area (TPSA) is 42.4 Å². The van der Waals surface area contributed by atoms with Crippen molar-refractivity contribution in [2.45, 2.75) is 25.8 Å². The maximum atomic E-state index is 12.7. The van der Waals surface area contributed by atoms with Crippen molar-refractivity contribution in [3.05, 3.63) is 51.5 Å². The normalized spacial score (nSPS) is 17.5. The van der Waals surface area contributed by atoms with Crippen molar-refractivity contribution in [2.24, 2.45) is 5.92 Å². The lowest BCUT2D eigenvalue weighted by Crippen LogP contribution is -2.41. The molecule has 1 amide bonds. The molecule has 0 aliphatic carbocycles. The molecule has 0 spiro atoms. The van der Waals surface area contributed by atoms with Gasteiger partial charge in [-0.1, -0.05) is 24.1 Å². The van der Waals surface area contributed by atoms with E-state index in [0.717, 1.165) is 42.1 Å². The van der Waals surface area contributed by atoms with Gasteiger partial charge in [0.1, 0.15) is 0 Å². The number of rotatable bonds is 1. The van der Waals surface area contributed by atoms with Crippen LogP contribution in [0.4, 0.5) is 0 Å². The Bertz CT molecular complexity index is 813. The third kappa shape index (κ3) is 3.76. The molecule has 25 heavy (non-hydrogen) atoms. The number of thiazole rings is 1. The van der Waals surface area contributed by atoms with E-state index >= 15 is 0 Å². The lowest BCUT2D eigenvalue weighted by atomic mass is 9.98. The summed E-state index contributed by atoms with van der Waals surface area (Å²) in [5.41, 5.74) is 2.10. The van der Waals surface area contributed by atoms with Gasteiger partial charge in [-0.3, -0.25) is 4.79 Å². The maximum absolute atomic E-state index is 12.7. The lowest BCUT2D eigenvalue weighted by Gasteiger charge is -2.31. The monoisotopic (exact) mass is 352 g/mol. The molecule has 128 valence electrons. The molecule has 1 saturated heterocycles. The molecular formula is C20H20N2O2S. The Balaban J connectivity index is 1.46. The summed E-state index contributed by atoms with van der Waals surface area (Å²) in [6, 6.07) is 9.94. The highest BCUT2D eigenvalue weighted by Gasteiger charge is 2.30. The van der Waals surface area contributed by atoms with Crippen molar-refractivity contribution in [1.82, 2.24) is 9.88 Å². The van der Waals surface area contributed by atoms with Gasteiger partial charge in [-0.05, 0) is 30.9 Å². The lowest BCUT2D eigenvalue weighted by molar-refractivity contribution is -0.139. The number of aromatic nitrogens is 1. The van der Waals surface area contributed by atoms with Crippen LogP contribution in [0.5, 0.6) is 0 Å². The van der Waals surface area contributed by atoms with Crippen molar-refractivity contribution in [1.29, 1.82) is 0 Å². The van der Waals surface area contributed by atoms with Gasteiger partial charge in [-0.25, -0.2) is 4.98 Å². The minimum atomic E-state index is 0.126. The molecule has 5 heteroatoms. The minimum absolute atomic E-state index is 0.126. The fourth-order valence-electron chi connectivity index (χ4n) is 3.29. The molecule has 1 aromatic heterocycles. The fourth-order valence-corrected chi connectivity index (χ4v) is 4.26. The predicted molar refractivity (Wildman–Crippen MR) is 97.2 cm³/mol. The predicted octanol–water partition coefficient (Wildman–Crippen LogP) is 2.85. The summed E-state index contributed by atoms with van der Waals surface area (Å²) < 4.78 is 5.37. The summed E-state index contributed by atoms with van der Waals surface area (Å²) in [7, 11) is 0. The van der Waals surface area contributed by atoms with Crippen molar-refractivity contribution in [3.63, 3.8) is 0 Å². The van der Waals surface area contributed by atoms with Crippen molar-refractivity contribution < 1.29 is 9.53 Å². The van der Waals surface area contributed by atoms with Crippen LogP contribution in [0.25, 0.3) is 0 Å². The molecule has 0 atom stereocenters. The Hall–Kier alpha value is -2.16. The smallest absolute Gasteiger partial charge is 0.226 e. The Morgan fingerprint density at radius 3 is 2.80 bits per heavy atom. The van der Waals surface area contributed by atoms with Gasteiger partial charge >= 0.3 is 0 Å². The zero-order chi connectivity index (χ0) is 17.1. The molecule has 1 aromatic carbocycles. The average molecular weight is 352 g/mol. The summed E-state index contributed by atoms with van der Waals surface area (Å²) in [6.45, 7) is 2.85. The molecule has 0 unspecified atom stereocenters. The number of amides is 1. The molecule has 3 heterocycles. The van der Waals surface area contributed by atoms with E-state index in [1.165, 1.54) is 4.88 Å². The van der Waals surface area contributed by atoms with Crippen LogP contribution in [0.15, 0.2) is 30.3 Å². The zero-order valence-electron chi connectivity index (χ0n) is 14.0. The highest BCUT2D eigenvalue weighted by atomic mass is 32.1. The van der Waals surface area contributed by atoms with Crippen LogP contribution in [-0.2, 0) is 22.5 Å². The highest BCUT2D eigenvalue weighted by molar-refractivity contribution is 7.12. The van der Waals surface area contributed by atoms with Crippen LogP contribution in [0, 0.1) is 17.8 Å². The number of nitrogens with zero attached hydrogens (tertiary/aromatic N) is 2. The van der Waals surface area contributed by atoms with E-state index in [1.54, 1.807) is 11.3 Å². The van der Waals surface area contributed by atoms with Gasteiger partial charge in [-0.2, -0.15) is 0 Å². The van der Waals surface area contributed by atoms with E-state index < -0.39 is 0 Å². The standard InChI is InChI=1S/C20H20N2O2S/c23-20(16-9-12-24-13-10-16)22-11-8-17-18(14-22)25-19(21-17)7-6-15-4-2-1-3-5-15/h1-5,16H,8-14H2. The Morgan fingerprint density at radius 1 is 1.20 bits per heavy atom. The Kier molecular flexibility index (Phi) is 4.82. The van der Waals surface area contributed by atoms with Crippen molar-refractivity contribution in [3.8, 4) is 11.8 Å². The summed E-state index contributed by atoms with van der Waals surface area (Å²) in [6.07, 6.45) is 2.52. The van der Waals surface area contributed by atoms with E-state index in [2.05, 4.69) is 16.8 Å². The Morgan fingerprint density at radius 2 is 2.00 bits per heavy atom. The zero-order valence-corrected chi connectivity index (χ0v) is 14.8. The van der Waals surface area contributed by atoms with Gasteiger partial charge in [0.05, 0.1) is 12.2 Å². The molecule has 2 aromatic rings. The molecule has 2 aliphatic rings. The maximum Gasteiger partial charge on any atom is 0.226 e. The van der Waals surface area contributed by atoms with Crippen LogP contribution < -0.4 is 0 Å². The van der Waals surface area contributed by atoms with E-state index in [0.29, 0.717) is 19.8 Å². The third-order valence-electron chi connectivity index (χ3n) is 4.70. The average Bonchev–Trinajstić information content (AvgIpc) is 3.09. The SMILES string of the molecule is O=C(C1CCOCC1)N1CCc2nc(C#Cc3ccccc3)sc2C1. The minimum Gasteiger partial charge on any atom is -0.381 e. The number of carbonyl (C=O) groups excluding carboxylic acids is 1. The van der Waals surface area contributed by atoms with Gasteiger partial charge in [0.15, 0.2) is 5.01 Å². The van der Waals surface area contributed by atoms with E-state index in [1.807, 2.05) is 35.2 Å². The first-order chi connectivity index (χ1) is 12.3. The molecular weight excluding hydrogens is 332 g/mol. The first-order valence-corrected chi connectivity index (χ1v) is 9.53. The fraction of sp³-hybridized carbons (Fsp3) is 0.400. The molecule has 1 fully saturated rings. The molecule has 4 rings (SSSR count). The van der Waals surface area contributed by atoms with Crippen LogP contribution in [-0.4, -0.2) is 35.5 Å². The van der Waals surface area contributed by atoms with E-state index in [9.17, 15) is 4.79 Å². The van der Waals surface area contributed by atoms with Crippen molar-refractivity contribution in [2.75, 3.05) is 19.8 Å². The highest BCUT2D eigenvalue weighted by Crippen LogP contribution is 2.27. The van der Waals surface area contributed by atoms with Crippen LogP contribution in [0.3, 0.4) is 0 Å². The number of fused-ring (bicyclic) bond motifs is 1. The molecule has 2 aliphatic heterocycles. The van der Waals surface area contributed by atoms with Gasteiger partial charge < -0.3 is 9.64 Å². The first-order valence-electron chi connectivity index (χ1n) is 8.72. The third-order valence-corrected chi connectivity index (χ3v) is 5.70. The second kappa shape index (κ2) is 7.38. The van der Waals surface area contributed by atoms with Gasteiger partial charge in [0.25, 0.3) is 0 Å². The van der Waals surface area contributed by atoms with Gasteiger partial charge in [-0.15, -0.1) is 11.3 Å². The molecule has 0 N–H and O–H groups in total. The molecule has 0 radical (unpaired) electrons. The van der Waals surface area contributed by atoms with E-state index in [-0.39, 0.29) is 11.8 Å². The van der Waals surface area contributed by atoms with Crippen LogP contribution in [0.2, 0.25) is 0 Å². The summed E-state index contributed by atoms with van der Waals surface area (Å²) in [5, 5.41) is 0.842. The number of ether oxygens (including phenoxy) is 1. The van der Waals surface area contributed by atoms with Gasteiger partial charge in [0, 0.05) is 42.5 Å². The van der Waals surface area contributed by atoms with E-state index in [4.69, 9.17) is 4.74 Å². The molecule has 0 bridgehead atoms. The number of carbonyl (C=O) groups is 1. The molecule has 4 nitrogen and oxygen atoms in total. The number of hydrogen-bond donors (Lipinski definition) is 0. The summed E-state index contributed by atoms with van der Waals surface area (Å²) in [4.78, 5) is 20.5. The number of benzene rings is 1. The molecule has 0 saturated carbocycles. The summed E-state index contributed by atoms with van der Waals surface area (Å²) in [5.74, 6) is 6.72. The van der Waals surface area contributed by atoms with Crippen LogP contribution >= 0.6 is 11.3 Å². The summed E-state index contributed by atoms with van der Waals surface area (Å²) >= 11 is 1.62. The van der Waals surface area contributed by atoms with Crippen LogP contribution in [0.1, 0.15) is 34.0 Å². The number of hydrogen-bond acceptors (Lipinski definition) is 4. The second-order valence-corrected chi connectivity index (χ2v) is 7.48. The van der Waals surface area contributed by atoms with Crippen molar-refractivity contribution >= 4 is 17.2 Å². The quantitative estimate of drug-likeness (QED) is 0.741.